The van der Waals surface area contributed by atoms with E-state index in [0.717, 1.165) is 7.11 Å². The molecule has 0 spiro atoms. The Hall–Kier alpha value is -0.510. The molecule has 0 aromatic heterocycles. The van der Waals surface area contributed by atoms with E-state index in [1.165, 1.54) is 6.92 Å². The third-order valence-corrected chi connectivity index (χ3v) is 6.03. The Labute approximate surface area is 125 Å². The van der Waals surface area contributed by atoms with Gasteiger partial charge in [0.25, 0.3) is 0 Å². The van der Waals surface area contributed by atoms with Gasteiger partial charge in [0.15, 0.2) is 0 Å². The third-order valence-electron chi connectivity index (χ3n) is 1.96. The maximum Gasteiger partial charge on any atom is 0.372 e. The summed E-state index contributed by atoms with van der Waals surface area (Å²) in [6, 6.07) is -1.09. The number of ether oxygens (including phenoxy) is 1. The highest BCUT2D eigenvalue weighted by molar-refractivity contribution is 7.91. The Balaban J connectivity index is 5.44. The van der Waals surface area contributed by atoms with E-state index >= 15 is 0 Å². The lowest BCUT2D eigenvalue weighted by atomic mass is 10.4. The summed E-state index contributed by atoms with van der Waals surface area (Å²) in [6.45, 7) is 6.83. The zero-order valence-corrected chi connectivity index (χ0v) is 14.6. The first-order chi connectivity index (χ1) is 9.75. The first-order valence-electron chi connectivity index (χ1n) is 6.43. The smallest absolute Gasteiger partial charge is 0.372 e. The van der Waals surface area contributed by atoms with Gasteiger partial charge in [0.1, 0.15) is 6.04 Å². The van der Waals surface area contributed by atoms with Gasteiger partial charge >= 0.3 is 23.9 Å². The van der Waals surface area contributed by atoms with E-state index in [0.29, 0.717) is 0 Å². The van der Waals surface area contributed by atoms with Gasteiger partial charge in [-0.3, -0.25) is 4.79 Å². The summed E-state index contributed by atoms with van der Waals surface area (Å²) in [4.78, 5) is 11.3. The normalized spacial score (nSPS) is 13.8. The minimum Gasteiger partial charge on any atom is -0.468 e. The first kappa shape index (κ1) is 20.5. The monoisotopic (exact) mass is 346 g/mol. The fourth-order valence-corrected chi connectivity index (χ4v) is 4.83. The lowest BCUT2D eigenvalue weighted by Crippen LogP contribution is -2.38. The second-order valence-corrected chi connectivity index (χ2v) is 7.19. The van der Waals surface area contributed by atoms with Crippen molar-refractivity contribution in [3.8, 4) is 0 Å². The van der Waals surface area contributed by atoms with Crippen LogP contribution in [0.15, 0.2) is 4.15 Å². The van der Waals surface area contributed by atoms with E-state index in [2.05, 4.69) is 13.6 Å². The number of hydrogen-bond acceptors (Lipinski definition) is 7. The van der Waals surface area contributed by atoms with E-state index in [4.69, 9.17) is 13.6 Å². The van der Waals surface area contributed by atoms with Crippen LogP contribution < -0.4 is 4.72 Å². The molecule has 0 amide bonds. The second kappa shape index (κ2) is 9.50. The predicted octanol–water partition coefficient (Wildman–Crippen LogP) is 1.44. The van der Waals surface area contributed by atoms with Crippen molar-refractivity contribution in [2.45, 2.75) is 33.7 Å². The topological polar surface area (TPSA) is 113 Å². The Morgan fingerprint density at radius 1 is 1.14 bits per heavy atom. The Morgan fingerprint density at radius 3 is 1.90 bits per heavy atom. The number of carbonyl (C=O) groups excluding carboxylic acids is 1. The van der Waals surface area contributed by atoms with E-state index in [9.17, 15) is 13.2 Å². The van der Waals surface area contributed by atoms with E-state index in [-0.39, 0.29) is 19.8 Å². The zero-order chi connectivity index (χ0) is 16.5. The van der Waals surface area contributed by atoms with Gasteiger partial charge in [0, 0.05) is 0 Å². The maximum atomic E-state index is 12.0. The molecule has 11 heteroatoms. The standard InChI is InChI=1S/C10H23N2O7PS/c1-6-17-20(18-7-2,19-8-3)12-21(14,15)11-9(4)10(13)16-5/h9,11H,6-8H2,1-5H3/t9-/m0/s1. The van der Waals surface area contributed by atoms with Crippen molar-refractivity contribution in [3.05, 3.63) is 0 Å². The highest BCUT2D eigenvalue weighted by atomic mass is 32.2. The summed E-state index contributed by atoms with van der Waals surface area (Å²) in [5.41, 5.74) is 0. The van der Waals surface area contributed by atoms with Crippen molar-refractivity contribution in [1.29, 1.82) is 0 Å². The lowest BCUT2D eigenvalue weighted by molar-refractivity contribution is -0.142. The highest BCUT2D eigenvalue weighted by Gasteiger charge is 2.29. The third kappa shape index (κ3) is 7.35. The van der Waals surface area contributed by atoms with Crippen molar-refractivity contribution in [2.75, 3.05) is 26.9 Å². The molecular formula is C10H23N2O7PS. The van der Waals surface area contributed by atoms with Crippen LogP contribution in [0.2, 0.25) is 0 Å². The van der Waals surface area contributed by atoms with Gasteiger partial charge in [-0.05, 0) is 27.7 Å². The number of nitrogens with zero attached hydrogens (tertiary/aromatic N) is 1. The van der Waals surface area contributed by atoms with Gasteiger partial charge in [0.05, 0.1) is 26.9 Å². The van der Waals surface area contributed by atoms with Gasteiger partial charge in [-0.15, -0.1) is 0 Å². The summed E-state index contributed by atoms with van der Waals surface area (Å²) in [5.74, 6) is -0.734. The largest absolute Gasteiger partial charge is 0.468 e. The maximum absolute atomic E-state index is 12.0. The van der Waals surface area contributed by atoms with Gasteiger partial charge in [-0.1, -0.05) is 4.15 Å². The molecule has 21 heavy (non-hydrogen) atoms. The quantitative estimate of drug-likeness (QED) is 0.470. The Kier molecular flexibility index (Phi) is 9.26. The molecule has 0 heterocycles. The predicted molar refractivity (Wildman–Crippen MR) is 77.8 cm³/mol. The van der Waals surface area contributed by atoms with Crippen molar-refractivity contribution < 1.29 is 31.5 Å². The molecule has 0 rings (SSSR count). The van der Waals surface area contributed by atoms with Crippen LogP contribution in [0.5, 0.6) is 0 Å². The van der Waals surface area contributed by atoms with Crippen LogP contribution in [0, 0.1) is 0 Å². The number of esters is 1. The van der Waals surface area contributed by atoms with Crippen molar-refractivity contribution >= 4 is 23.9 Å². The molecule has 126 valence electrons. The van der Waals surface area contributed by atoms with Crippen LogP contribution in [0.4, 0.5) is 0 Å². The van der Waals surface area contributed by atoms with Crippen LogP contribution in [0.1, 0.15) is 27.7 Å². The molecule has 0 saturated carbocycles. The molecule has 0 bridgehead atoms. The first-order valence-corrected chi connectivity index (χ1v) is 9.36. The molecule has 0 radical (unpaired) electrons. The number of nitrogens with one attached hydrogen (secondary N) is 1. The van der Waals surface area contributed by atoms with E-state index in [1.807, 2.05) is 0 Å². The number of carbonyl (C=O) groups is 1. The highest BCUT2D eigenvalue weighted by Crippen LogP contribution is 2.53. The van der Waals surface area contributed by atoms with Crippen LogP contribution >= 0.6 is 7.74 Å². The van der Waals surface area contributed by atoms with Crippen LogP contribution in [0.25, 0.3) is 0 Å². The summed E-state index contributed by atoms with van der Waals surface area (Å²) < 4.78 is 49.9. The summed E-state index contributed by atoms with van der Waals surface area (Å²) >= 11 is 0. The molecule has 9 nitrogen and oxygen atoms in total. The molecule has 0 aliphatic heterocycles. The summed E-state index contributed by atoms with van der Waals surface area (Å²) in [7, 11) is -6.45. The van der Waals surface area contributed by atoms with Crippen molar-refractivity contribution in [3.63, 3.8) is 0 Å². The van der Waals surface area contributed by atoms with Crippen molar-refractivity contribution in [2.24, 2.45) is 4.15 Å². The molecular weight excluding hydrogens is 323 g/mol. The minimum absolute atomic E-state index is 0.166. The van der Waals surface area contributed by atoms with Crippen molar-refractivity contribution in [1.82, 2.24) is 4.72 Å². The summed E-state index contributed by atoms with van der Waals surface area (Å²) in [6.07, 6.45) is 0. The molecule has 0 aromatic rings. The molecule has 1 atom stereocenters. The van der Waals surface area contributed by atoms with Gasteiger partial charge in [-0.25, -0.2) is 0 Å². The SMILES string of the molecule is CCOP(=NS(=O)(=O)N[C@@H](C)C(=O)OC)(OCC)OCC. The Bertz CT molecular complexity index is 456. The summed E-state index contributed by atoms with van der Waals surface area (Å²) in [5, 5.41) is 0. The van der Waals surface area contributed by atoms with Gasteiger partial charge in [0.2, 0.25) is 0 Å². The average Bonchev–Trinajstić information content (AvgIpc) is 2.37. The average molecular weight is 346 g/mol. The number of rotatable bonds is 10. The van der Waals surface area contributed by atoms with E-state index < -0.39 is 30.0 Å². The fraction of sp³-hybridized carbons (Fsp3) is 0.900. The lowest BCUT2D eigenvalue weighted by Gasteiger charge is -2.21. The minimum atomic E-state index is -4.21. The zero-order valence-electron chi connectivity index (χ0n) is 12.9. The molecule has 0 aliphatic carbocycles. The van der Waals surface area contributed by atoms with Crippen LogP contribution in [0.3, 0.4) is 0 Å². The number of hydrogen-bond donors (Lipinski definition) is 1. The molecule has 0 aromatic carbocycles. The second-order valence-electron chi connectivity index (χ2n) is 3.64. The van der Waals surface area contributed by atoms with Crippen LogP contribution in [-0.4, -0.2) is 47.4 Å². The molecule has 0 saturated heterocycles. The van der Waals surface area contributed by atoms with E-state index in [1.54, 1.807) is 20.8 Å². The van der Waals surface area contributed by atoms with Gasteiger partial charge < -0.3 is 18.3 Å². The molecule has 0 unspecified atom stereocenters. The van der Waals surface area contributed by atoms with Gasteiger partial charge in [-0.2, -0.15) is 13.1 Å². The molecule has 0 aliphatic rings. The number of methoxy groups -OCH3 is 1. The molecule has 1 N–H and O–H groups in total. The van der Waals surface area contributed by atoms with Crippen LogP contribution in [-0.2, 0) is 33.3 Å². The molecule has 0 fully saturated rings. The Morgan fingerprint density at radius 2 is 1.57 bits per heavy atom. The fourth-order valence-electron chi connectivity index (χ4n) is 1.28.